The Balaban J connectivity index is 2.09. The molecule has 1 aromatic carbocycles. The Morgan fingerprint density at radius 3 is 2.85 bits per heavy atom. The Bertz CT molecular complexity index is 595. The molecular weight excluding hydrogens is 277 g/mol. The van der Waals surface area contributed by atoms with Crippen molar-refractivity contribution in [3.8, 4) is 0 Å². The molecule has 0 aliphatic carbocycles. The molecule has 5 heteroatoms. The summed E-state index contributed by atoms with van der Waals surface area (Å²) in [6, 6.07) is 6.88. The Labute approximate surface area is 123 Å². The second kappa shape index (κ2) is 6.37. The largest absolute Gasteiger partial charge is 0.327 e. The number of nitrogens with two attached hydrogens (primary N) is 1. The van der Waals surface area contributed by atoms with Gasteiger partial charge in [-0.15, -0.1) is 0 Å². The van der Waals surface area contributed by atoms with Crippen molar-refractivity contribution in [3.05, 3.63) is 52.1 Å². The fourth-order valence-corrected chi connectivity index (χ4v) is 2.56. The molecule has 0 radical (unpaired) electrons. The number of hydrogen-bond acceptors (Lipinski definition) is 2. The van der Waals surface area contributed by atoms with Gasteiger partial charge < -0.3 is 5.73 Å². The molecule has 2 rings (SSSR count). The molecule has 20 heavy (non-hydrogen) atoms. The third-order valence-electron chi connectivity index (χ3n) is 3.27. The van der Waals surface area contributed by atoms with Crippen LogP contribution in [-0.4, -0.2) is 15.8 Å². The van der Waals surface area contributed by atoms with E-state index >= 15 is 0 Å². The van der Waals surface area contributed by atoms with Gasteiger partial charge in [0.1, 0.15) is 5.82 Å². The van der Waals surface area contributed by atoms with Crippen LogP contribution < -0.4 is 5.73 Å². The zero-order chi connectivity index (χ0) is 14.7. The van der Waals surface area contributed by atoms with E-state index in [1.165, 1.54) is 0 Å². The number of halogens is 2. The second-order valence-corrected chi connectivity index (χ2v) is 5.38. The normalized spacial score (nSPS) is 12.7. The molecular formula is C15H19ClFN3. The Kier molecular flexibility index (Phi) is 4.78. The summed E-state index contributed by atoms with van der Waals surface area (Å²) in [7, 11) is 0. The average molecular weight is 296 g/mol. The van der Waals surface area contributed by atoms with Crippen LogP contribution in [0.4, 0.5) is 4.39 Å². The molecule has 0 saturated carbocycles. The standard InChI is InChI=1S/C15H19ClFN3/c1-3-20-13(7-10(2)19-20)9-12(18)8-11-5-4-6-14(16)15(11)17/h4-7,12H,3,8-9,18H2,1-2H3. The average Bonchev–Trinajstić information content (AvgIpc) is 2.75. The van der Waals surface area contributed by atoms with Crippen LogP contribution in [-0.2, 0) is 19.4 Å². The first-order valence-electron chi connectivity index (χ1n) is 6.73. The van der Waals surface area contributed by atoms with Gasteiger partial charge in [-0.05, 0) is 38.0 Å². The summed E-state index contributed by atoms with van der Waals surface area (Å²) in [6.45, 7) is 4.80. The first-order valence-corrected chi connectivity index (χ1v) is 7.10. The highest BCUT2D eigenvalue weighted by Gasteiger charge is 2.13. The summed E-state index contributed by atoms with van der Waals surface area (Å²) in [5.74, 6) is -0.371. The Hall–Kier alpha value is -1.39. The monoisotopic (exact) mass is 295 g/mol. The molecule has 0 saturated heterocycles. The highest BCUT2D eigenvalue weighted by atomic mass is 35.5. The van der Waals surface area contributed by atoms with E-state index in [1.807, 2.05) is 24.6 Å². The molecule has 0 amide bonds. The summed E-state index contributed by atoms with van der Waals surface area (Å²) in [5, 5.41) is 4.53. The van der Waals surface area contributed by atoms with Crippen molar-refractivity contribution in [2.75, 3.05) is 0 Å². The molecule has 0 bridgehead atoms. The van der Waals surface area contributed by atoms with Crippen LogP contribution in [0.25, 0.3) is 0 Å². The van der Waals surface area contributed by atoms with Gasteiger partial charge in [0.2, 0.25) is 0 Å². The minimum absolute atomic E-state index is 0.143. The number of rotatable bonds is 5. The van der Waals surface area contributed by atoms with Crippen LogP contribution in [0.2, 0.25) is 5.02 Å². The molecule has 2 aromatic rings. The first kappa shape index (κ1) is 15.0. The van der Waals surface area contributed by atoms with Crippen LogP contribution in [0.15, 0.2) is 24.3 Å². The predicted octanol–water partition coefficient (Wildman–Crippen LogP) is 3.12. The van der Waals surface area contributed by atoms with Gasteiger partial charge >= 0.3 is 0 Å². The van der Waals surface area contributed by atoms with E-state index in [1.54, 1.807) is 18.2 Å². The zero-order valence-corrected chi connectivity index (χ0v) is 12.5. The molecule has 0 aliphatic heterocycles. The lowest BCUT2D eigenvalue weighted by Gasteiger charge is -2.13. The maximum absolute atomic E-state index is 13.8. The fraction of sp³-hybridized carbons (Fsp3) is 0.400. The Morgan fingerprint density at radius 2 is 2.15 bits per heavy atom. The van der Waals surface area contributed by atoms with Crippen molar-refractivity contribution in [2.24, 2.45) is 5.73 Å². The molecule has 2 N–H and O–H groups in total. The molecule has 1 unspecified atom stereocenters. The lowest BCUT2D eigenvalue weighted by atomic mass is 10.0. The van der Waals surface area contributed by atoms with E-state index in [-0.39, 0.29) is 16.9 Å². The van der Waals surface area contributed by atoms with Crippen LogP contribution in [0.3, 0.4) is 0 Å². The summed E-state index contributed by atoms with van der Waals surface area (Å²) in [6.07, 6.45) is 1.13. The minimum Gasteiger partial charge on any atom is -0.327 e. The van der Waals surface area contributed by atoms with Gasteiger partial charge in [0, 0.05) is 24.7 Å². The van der Waals surface area contributed by atoms with Crippen molar-refractivity contribution in [2.45, 2.75) is 39.3 Å². The van der Waals surface area contributed by atoms with E-state index in [2.05, 4.69) is 5.10 Å². The second-order valence-electron chi connectivity index (χ2n) is 4.97. The van der Waals surface area contributed by atoms with Crippen molar-refractivity contribution in [1.82, 2.24) is 9.78 Å². The lowest BCUT2D eigenvalue weighted by Crippen LogP contribution is -2.27. The topological polar surface area (TPSA) is 43.8 Å². The molecule has 1 aromatic heterocycles. The van der Waals surface area contributed by atoms with E-state index < -0.39 is 0 Å². The van der Waals surface area contributed by atoms with Crippen molar-refractivity contribution >= 4 is 11.6 Å². The fourth-order valence-electron chi connectivity index (χ4n) is 2.37. The zero-order valence-electron chi connectivity index (χ0n) is 11.7. The molecule has 0 spiro atoms. The summed E-state index contributed by atoms with van der Waals surface area (Å²) >= 11 is 5.78. The number of benzene rings is 1. The smallest absolute Gasteiger partial charge is 0.145 e. The summed E-state index contributed by atoms with van der Waals surface area (Å²) in [5.41, 5.74) is 8.76. The van der Waals surface area contributed by atoms with E-state index in [9.17, 15) is 4.39 Å². The van der Waals surface area contributed by atoms with Crippen LogP contribution in [0.1, 0.15) is 23.9 Å². The molecule has 1 atom stereocenters. The first-order chi connectivity index (χ1) is 9.51. The maximum Gasteiger partial charge on any atom is 0.145 e. The SMILES string of the molecule is CCn1nc(C)cc1CC(N)Cc1cccc(Cl)c1F. The highest BCUT2D eigenvalue weighted by Crippen LogP contribution is 2.19. The molecule has 1 heterocycles. The predicted molar refractivity (Wildman–Crippen MR) is 79.4 cm³/mol. The van der Waals surface area contributed by atoms with Crippen molar-refractivity contribution in [1.29, 1.82) is 0 Å². The van der Waals surface area contributed by atoms with Gasteiger partial charge in [-0.3, -0.25) is 4.68 Å². The molecule has 108 valence electrons. The third kappa shape index (κ3) is 3.38. The van der Waals surface area contributed by atoms with E-state index in [0.717, 1.165) is 17.9 Å². The third-order valence-corrected chi connectivity index (χ3v) is 3.56. The quantitative estimate of drug-likeness (QED) is 0.921. The number of nitrogens with zero attached hydrogens (tertiary/aromatic N) is 2. The number of hydrogen-bond donors (Lipinski definition) is 1. The molecule has 3 nitrogen and oxygen atoms in total. The Morgan fingerprint density at radius 1 is 1.40 bits per heavy atom. The summed E-state index contributed by atoms with van der Waals surface area (Å²) < 4.78 is 15.8. The molecule has 0 aliphatic rings. The number of aryl methyl sites for hydroxylation is 2. The van der Waals surface area contributed by atoms with E-state index in [4.69, 9.17) is 17.3 Å². The van der Waals surface area contributed by atoms with Crippen LogP contribution in [0, 0.1) is 12.7 Å². The van der Waals surface area contributed by atoms with E-state index in [0.29, 0.717) is 18.4 Å². The minimum atomic E-state index is -0.371. The molecule has 0 fully saturated rings. The maximum atomic E-state index is 13.8. The van der Waals surface area contributed by atoms with Crippen molar-refractivity contribution in [3.63, 3.8) is 0 Å². The van der Waals surface area contributed by atoms with Gasteiger partial charge in [0.05, 0.1) is 10.7 Å². The van der Waals surface area contributed by atoms with Gasteiger partial charge in [0.15, 0.2) is 0 Å². The summed E-state index contributed by atoms with van der Waals surface area (Å²) in [4.78, 5) is 0. The van der Waals surface area contributed by atoms with Crippen LogP contribution >= 0.6 is 11.6 Å². The van der Waals surface area contributed by atoms with Crippen LogP contribution in [0.5, 0.6) is 0 Å². The van der Waals surface area contributed by atoms with Gasteiger partial charge in [-0.2, -0.15) is 5.10 Å². The van der Waals surface area contributed by atoms with Gasteiger partial charge in [-0.1, -0.05) is 23.7 Å². The van der Waals surface area contributed by atoms with Crippen molar-refractivity contribution < 1.29 is 4.39 Å². The van der Waals surface area contributed by atoms with Gasteiger partial charge in [-0.25, -0.2) is 4.39 Å². The number of aromatic nitrogens is 2. The lowest BCUT2D eigenvalue weighted by molar-refractivity contribution is 0.556. The van der Waals surface area contributed by atoms with Gasteiger partial charge in [0.25, 0.3) is 0 Å². The highest BCUT2D eigenvalue weighted by molar-refractivity contribution is 6.30.